The molecule has 92 valence electrons. The maximum Gasteiger partial charge on any atom is 0.330 e. The van der Waals surface area contributed by atoms with E-state index in [0.717, 1.165) is 11.3 Å². The lowest BCUT2D eigenvalue weighted by Gasteiger charge is -2.08. The summed E-state index contributed by atoms with van der Waals surface area (Å²) in [5.74, 6) is 0.623. The molecule has 0 aliphatic heterocycles. The Morgan fingerprint density at radius 1 is 1.47 bits per heavy atom. The van der Waals surface area contributed by atoms with Crippen molar-refractivity contribution in [3.63, 3.8) is 0 Å². The highest BCUT2D eigenvalue weighted by atomic mass is 32.2. The molecule has 0 bridgehead atoms. The lowest BCUT2D eigenvalue weighted by atomic mass is 10.2. The van der Waals surface area contributed by atoms with Crippen LogP contribution in [-0.4, -0.2) is 37.3 Å². The molecule has 1 aromatic carbocycles. The molecular weight excluding hydrogens is 234 g/mol. The van der Waals surface area contributed by atoms with Crippen molar-refractivity contribution < 1.29 is 9.53 Å². The lowest BCUT2D eigenvalue weighted by Crippen LogP contribution is -2.21. The third kappa shape index (κ3) is 5.04. The zero-order chi connectivity index (χ0) is 12.5. The molecule has 0 spiro atoms. The van der Waals surface area contributed by atoms with Gasteiger partial charge in [0, 0.05) is 6.21 Å². The van der Waals surface area contributed by atoms with Gasteiger partial charge >= 0.3 is 5.97 Å². The van der Waals surface area contributed by atoms with Crippen LogP contribution in [-0.2, 0) is 9.53 Å². The normalized spacial score (nSPS) is 12.6. The summed E-state index contributed by atoms with van der Waals surface area (Å²) in [5, 5.41) is 0. The maximum atomic E-state index is 11.5. The molecule has 0 N–H and O–H groups in total. The van der Waals surface area contributed by atoms with Crippen molar-refractivity contribution in [2.75, 3.05) is 19.1 Å². The summed E-state index contributed by atoms with van der Waals surface area (Å²) in [7, 11) is 1.40. The van der Waals surface area contributed by atoms with E-state index in [2.05, 4.69) is 4.99 Å². The predicted octanol–water partition coefficient (Wildman–Crippen LogP) is 2.40. The van der Waals surface area contributed by atoms with Crippen LogP contribution in [0.4, 0.5) is 0 Å². The Kier molecular flexibility index (Phi) is 6.40. The number of ether oxygens (including phenoxy) is 1. The molecule has 1 unspecified atom stereocenters. The van der Waals surface area contributed by atoms with Gasteiger partial charge in [0.2, 0.25) is 0 Å². The standard InChI is InChI=1S/C13H17NO2S/c1-16-13(15)12(8-9-17-2)14-10-11-6-4-3-5-7-11/h3-7,10,12H,8-9H2,1-2H3/b14-10+. The predicted molar refractivity (Wildman–Crippen MR) is 72.8 cm³/mol. The Hall–Kier alpha value is -1.29. The third-order valence-electron chi connectivity index (χ3n) is 2.27. The highest BCUT2D eigenvalue weighted by Gasteiger charge is 2.16. The van der Waals surface area contributed by atoms with Crippen molar-refractivity contribution in [2.45, 2.75) is 12.5 Å². The smallest absolute Gasteiger partial charge is 0.330 e. The number of nitrogens with zero attached hydrogens (tertiary/aromatic N) is 1. The van der Waals surface area contributed by atoms with Crippen LogP contribution >= 0.6 is 11.8 Å². The van der Waals surface area contributed by atoms with Gasteiger partial charge in [-0.2, -0.15) is 11.8 Å². The number of esters is 1. The van der Waals surface area contributed by atoms with Crippen molar-refractivity contribution >= 4 is 23.9 Å². The summed E-state index contributed by atoms with van der Waals surface area (Å²) in [5.41, 5.74) is 0.991. The quantitative estimate of drug-likeness (QED) is 0.575. The zero-order valence-electron chi connectivity index (χ0n) is 10.1. The molecule has 4 heteroatoms. The highest BCUT2D eigenvalue weighted by molar-refractivity contribution is 7.98. The van der Waals surface area contributed by atoms with Crippen LogP contribution in [0.15, 0.2) is 35.3 Å². The fraction of sp³-hybridized carbons (Fsp3) is 0.385. The number of methoxy groups -OCH3 is 1. The molecule has 0 heterocycles. The van der Waals surface area contributed by atoms with Gasteiger partial charge in [-0.3, -0.25) is 4.99 Å². The zero-order valence-corrected chi connectivity index (χ0v) is 10.9. The average Bonchev–Trinajstić information content (AvgIpc) is 2.39. The summed E-state index contributed by atoms with van der Waals surface area (Å²) >= 11 is 1.70. The van der Waals surface area contributed by atoms with Crippen LogP contribution < -0.4 is 0 Å². The SMILES string of the molecule is COC(=O)C(CCSC)/N=C/c1ccccc1. The van der Waals surface area contributed by atoms with Gasteiger partial charge in [-0.1, -0.05) is 30.3 Å². The number of thioether (sulfide) groups is 1. The molecule has 0 amide bonds. The van der Waals surface area contributed by atoms with Gasteiger partial charge < -0.3 is 4.74 Å². The second-order valence-electron chi connectivity index (χ2n) is 3.51. The minimum absolute atomic E-state index is 0.272. The Labute approximate surface area is 106 Å². The van der Waals surface area contributed by atoms with E-state index >= 15 is 0 Å². The number of hydrogen-bond donors (Lipinski definition) is 0. The van der Waals surface area contributed by atoms with Crippen molar-refractivity contribution in [3.8, 4) is 0 Å². The van der Waals surface area contributed by atoms with E-state index in [9.17, 15) is 4.79 Å². The molecule has 0 aliphatic rings. The second-order valence-corrected chi connectivity index (χ2v) is 4.49. The Balaban J connectivity index is 2.65. The summed E-state index contributed by atoms with van der Waals surface area (Å²) < 4.78 is 4.74. The van der Waals surface area contributed by atoms with E-state index in [4.69, 9.17) is 4.74 Å². The molecule has 17 heavy (non-hydrogen) atoms. The molecule has 0 aliphatic carbocycles. The minimum Gasteiger partial charge on any atom is -0.467 e. The summed E-state index contributed by atoms with van der Waals surface area (Å²) in [6.45, 7) is 0. The average molecular weight is 251 g/mol. The number of benzene rings is 1. The van der Waals surface area contributed by atoms with Crippen molar-refractivity contribution in [2.24, 2.45) is 4.99 Å². The number of carbonyl (C=O) groups excluding carboxylic acids is 1. The summed E-state index contributed by atoms with van der Waals surface area (Å²) in [6.07, 6.45) is 4.44. The van der Waals surface area contributed by atoms with Crippen molar-refractivity contribution in [3.05, 3.63) is 35.9 Å². The number of aliphatic imine (C=N–C) groups is 1. The molecule has 0 aromatic heterocycles. The van der Waals surface area contributed by atoms with Crippen LogP contribution in [0.2, 0.25) is 0 Å². The van der Waals surface area contributed by atoms with Crippen molar-refractivity contribution in [1.29, 1.82) is 0 Å². The molecule has 0 fully saturated rings. The fourth-order valence-corrected chi connectivity index (χ4v) is 1.79. The number of carbonyl (C=O) groups is 1. The van der Waals surface area contributed by atoms with Crippen LogP contribution in [0.5, 0.6) is 0 Å². The Bertz CT molecular complexity index is 365. The van der Waals surface area contributed by atoms with Gasteiger partial charge in [-0.25, -0.2) is 4.79 Å². The van der Waals surface area contributed by atoms with Crippen LogP contribution in [0.3, 0.4) is 0 Å². The molecule has 1 rings (SSSR count). The largest absolute Gasteiger partial charge is 0.467 e. The van der Waals surface area contributed by atoms with E-state index in [0.29, 0.717) is 6.42 Å². The summed E-state index contributed by atoms with van der Waals surface area (Å²) in [4.78, 5) is 15.8. The molecule has 0 saturated carbocycles. The first kappa shape index (κ1) is 13.8. The molecule has 0 radical (unpaired) electrons. The van der Waals surface area contributed by atoms with Crippen LogP contribution in [0.1, 0.15) is 12.0 Å². The van der Waals surface area contributed by atoms with E-state index in [-0.39, 0.29) is 5.97 Å². The minimum atomic E-state index is -0.396. The number of hydrogen-bond acceptors (Lipinski definition) is 4. The third-order valence-corrected chi connectivity index (χ3v) is 2.92. The molecular formula is C13H17NO2S. The first-order chi connectivity index (χ1) is 8.27. The second kappa shape index (κ2) is 7.90. The number of rotatable bonds is 6. The first-order valence-electron chi connectivity index (χ1n) is 5.43. The van der Waals surface area contributed by atoms with E-state index in [1.165, 1.54) is 7.11 Å². The molecule has 1 aromatic rings. The van der Waals surface area contributed by atoms with Gasteiger partial charge in [0.15, 0.2) is 0 Å². The van der Waals surface area contributed by atoms with Gasteiger partial charge in [-0.15, -0.1) is 0 Å². The van der Waals surface area contributed by atoms with E-state index in [1.807, 2.05) is 36.6 Å². The van der Waals surface area contributed by atoms with Gasteiger partial charge in [0.25, 0.3) is 0 Å². The monoisotopic (exact) mass is 251 g/mol. The van der Waals surface area contributed by atoms with Crippen molar-refractivity contribution in [1.82, 2.24) is 0 Å². The van der Waals surface area contributed by atoms with E-state index in [1.54, 1.807) is 18.0 Å². The molecule has 1 atom stereocenters. The van der Waals surface area contributed by atoms with E-state index < -0.39 is 6.04 Å². The van der Waals surface area contributed by atoms with Crippen LogP contribution in [0, 0.1) is 0 Å². The molecule has 0 saturated heterocycles. The maximum absolute atomic E-state index is 11.5. The Morgan fingerprint density at radius 2 is 2.18 bits per heavy atom. The van der Waals surface area contributed by atoms with Gasteiger partial charge in [0.05, 0.1) is 7.11 Å². The lowest BCUT2D eigenvalue weighted by molar-refractivity contribution is -0.142. The van der Waals surface area contributed by atoms with Gasteiger partial charge in [-0.05, 0) is 24.0 Å². The fourth-order valence-electron chi connectivity index (χ4n) is 1.33. The summed E-state index contributed by atoms with van der Waals surface area (Å²) in [6, 6.07) is 9.33. The highest BCUT2D eigenvalue weighted by Crippen LogP contribution is 2.06. The first-order valence-corrected chi connectivity index (χ1v) is 6.82. The Morgan fingerprint density at radius 3 is 2.76 bits per heavy atom. The van der Waals surface area contributed by atoms with Crippen LogP contribution in [0.25, 0.3) is 0 Å². The topological polar surface area (TPSA) is 38.7 Å². The van der Waals surface area contributed by atoms with Gasteiger partial charge in [0.1, 0.15) is 6.04 Å². The molecule has 3 nitrogen and oxygen atoms in total.